The molecule has 0 spiro atoms. The highest BCUT2D eigenvalue weighted by Gasteiger charge is 2.16. The predicted molar refractivity (Wildman–Crippen MR) is 91.5 cm³/mol. The summed E-state index contributed by atoms with van der Waals surface area (Å²) in [5.74, 6) is -1.15. The summed E-state index contributed by atoms with van der Waals surface area (Å²) in [6.07, 6.45) is 0.819. The van der Waals surface area contributed by atoms with Crippen LogP contribution in [0.1, 0.15) is 17.8 Å². The molecule has 0 fully saturated rings. The number of rotatable bonds is 7. The number of benzene rings is 2. The van der Waals surface area contributed by atoms with Crippen LogP contribution in [0.3, 0.4) is 0 Å². The first kappa shape index (κ1) is 16.7. The van der Waals surface area contributed by atoms with Gasteiger partial charge in [0.2, 0.25) is 5.91 Å². The summed E-state index contributed by atoms with van der Waals surface area (Å²) in [7, 11) is 0. The molecule has 0 saturated heterocycles. The van der Waals surface area contributed by atoms with Crippen molar-refractivity contribution in [2.24, 2.45) is 0 Å². The second-order valence-electron chi connectivity index (χ2n) is 5.83. The molecule has 0 unspecified atom stereocenters. The molecule has 0 aliphatic rings. The summed E-state index contributed by atoms with van der Waals surface area (Å²) in [6, 6.07) is 15.9. The Labute approximate surface area is 144 Å². The molecule has 3 aromatic rings. The van der Waals surface area contributed by atoms with Crippen molar-refractivity contribution in [3.63, 3.8) is 0 Å². The number of fused-ring (bicyclic) bond motifs is 1. The Kier molecular flexibility index (Phi) is 5.09. The number of hydrogen-bond donors (Lipinski definition) is 2. The van der Waals surface area contributed by atoms with Crippen molar-refractivity contribution in [1.82, 2.24) is 15.3 Å². The fourth-order valence-electron chi connectivity index (χ4n) is 2.66. The van der Waals surface area contributed by atoms with Crippen molar-refractivity contribution >= 4 is 22.9 Å². The van der Waals surface area contributed by atoms with Gasteiger partial charge in [-0.05, 0) is 24.1 Å². The van der Waals surface area contributed by atoms with E-state index in [1.807, 2.05) is 54.6 Å². The summed E-state index contributed by atoms with van der Waals surface area (Å²) in [4.78, 5) is 30.8. The second-order valence-corrected chi connectivity index (χ2v) is 5.83. The van der Waals surface area contributed by atoms with Crippen LogP contribution >= 0.6 is 0 Å². The summed E-state index contributed by atoms with van der Waals surface area (Å²) in [6.45, 7) is 0. The SMILES string of the molecule is O=C(CCc1ccccc1)N[C@H](Cc1nc2ccccc2[nH]1)C(=O)[O-]. The number of carboxylic acid groups (broad SMARTS) is 1. The Morgan fingerprint density at radius 3 is 2.52 bits per heavy atom. The quantitative estimate of drug-likeness (QED) is 0.672. The van der Waals surface area contributed by atoms with Gasteiger partial charge in [-0.1, -0.05) is 42.5 Å². The molecule has 25 heavy (non-hydrogen) atoms. The standard InChI is InChI=1S/C19H19N3O3/c23-18(11-10-13-6-2-1-3-7-13)22-16(19(24)25)12-17-20-14-8-4-5-9-15(14)21-17/h1-9,16H,10-12H2,(H,20,21)(H,22,23)(H,24,25)/p-1/t16-/m1/s1. The van der Waals surface area contributed by atoms with Gasteiger partial charge in [0.25, 0.3) is 0 Å². The van der Waals surface area contributed by atoms with Gasteiger partial charge in [0, 0.05) is 12.8 Å². The van der Waals surface area contributed by atoms with Gasteiger partial charge in [-0.15, -0.1) is 0 Å². The number of nitrogens with one attached hydrogen (secondary N) is 2. The first-order chi connectivity index (χ1) is 12.1. The number of carbonyl (C=O) groups is 2. The number of carbonyl (C=O) groups excluding carboxylic acids is 2. The molecule has 1 heterocycles. The molecule has 0 saturated carbocycles. The third-order valence-electron chi connectivity index (χ3n) is 3.94. The summed E-state index contributed by atoms with van der Waals surface area (Å²) in [5.41, 5.74) is 2.61. The highest BCUT2D eigenvalue weighted by atomic mass is 16.4. The highest BCUT2D eigenvalue weighted by Crippen LogP contribution is 2.11. The van der Waals surface area contributed by atoms with E-state index in [2.05, 4.69) is 15.3 Å². The lowest BCUT2D eigenvalue weighted by Crippen LogP contribution is -2.49. The number of aromatic amines is 1. The van der Waals surface area contributed by atoms with Crippen LogP contribution in [0.5, 0.6) is 0 Å². The van der Waals surface area contributed by atoms with Crippen molar-refractivity contribution in [2.75, 3.05) is 0 Å². The maximum Gasteiger partial charge on any atom is 0.220 e. The van der Waals surface area contributed by atoms with Gasteiger partial charge in [0.15, 0.2) is 0 Å². The average Bonchev–Trinajstić information content (AvgIpc) is 3.02. The molecule has 2 aromatic carbocycles. The second kappa shape index (κ2) is 7.61. The van der Waals surface area contributed by atoms with Gasteiger partial charge < -0.3 is 20.2 Å². The van der Waals surface area contributed by atoms with Gasteiger partial charge in [-0.2, -0.15) is 0 Å². The number of nitrogens with zero attached hydrogens (tertiary/aromatic N) is 1. The minimum Gasteiger partial charge on any atom is -0.548 e. The lowest BCUT2D eigenvalue weighted by molar-refractivity contribution is -0.308. The number of aliphatic carboxylic acids is 1. The number of imidazole rings is 1. The molecule has 6 heteroatoms. The van der Waals surface area contributed by atoms with E-state index in [9.17, 15) is 14.7 Å². The van der Waals surface area contributed by atoms with Crippen LogP contribution < -0.4 is 10.4 Å². The molecule has 1 amide bonds. The number of aromatic nitrogens is 2. The van der Waals surface area contributed by atoms with Crippen LogP contribution in [0.4, 0.5) is 0 Å². The van der Waals surface area contributed by atoms with Crippen LogP contribution in [-0.2, 0) is 22.4 Å². The van der Waals surface area contributed by atoms with E-state index in [4.69, 9.17) is 0 Å². The zero-order valence-corrected chi connectivity index (χ0v) is 13.6. The van der Waals surface area contributed by atoms with E-state index in [1.165, 1.54) is 0 Å². The number of carboxylic acids is 1. The Hall–Kier alpha value is -3.15. The van der Waals surface area contributed by atoms with E-state index in [-0.39, 0.29) is 18.7 Å². The molecule has 0 aliphatic heterocycles. The third-order valence-corrected chi connectivity index (χ3v) is 3.94. The largest absolute Gasteiger partial charge is 0.548 e. The Balaban J connectivity index is 1.60. The van der Waals surface area contributed by atoms with Crippen LogP contribution in [0.2, 0.25) is 0 Å². The van der Waals surface area contributed by atoms with Crippen LogP contribution in [0, 0.1) is 0 Å². The lowest BCUT2D eigenvalue weighted by Gasteiger charge is -2.18. The molecule has 128 valence electrons. The number of H-pyrrole nitrogens is 1. The molecule has 6 nitrogen and oxygen atoms in total. The Bertz CT molecular complexity index is 841. The third kappa shape index (κ3) is 4.44. The van der Waals surface area contributed by atoms with Crippen molar-refractivity contribution in [1.29, 1.82) is 0 Å². The maximum absolute atomic E-state index is 12.1. The van der Waals surface area contributed by atoms with Crippen molar-refractivity contribution in [3.8, 4) is 0 Å². The molecule has 0 aliphatic carbocycles. The van der Waals surface area contributed by atoms with Crippen LogP contribution in [0.25, 0.3) is 11.0 Å². The van der Waals surface area contributed by atoms with Crippen molar-refractivity contribution in [2.45, 2.75) is 25.3 Å². The van der Waals surface area contributed by atoms with E-state index in [0.29, 0.717) is 12.2 Å². The normalized spacial score (nSPS) is 12.0. The topological polar surface area (TPSA) is 97.9 Å². The Morgan fingerprint density at radius 2 is 1.80 bits per heavy atom. The summed E-state index contributed by atoms with van der Waals surface area (Å²) < 4.78 is 0. The summed E-state index contributed by atoms with van der Waals surface area (Å²) >= 11 is 0. The van der Waals surface area contributed by atoms with Crippen molar-refractivity contribution in [3.05, 3.63) is 66.0 Å². The monoisotopic (exact) mass is 336 g/mol. The van der Waals surface area contributed by atoms with E-state index >= 15 is 0 Å². The van der Waals surface area contributed by atoms with E-state index in [0.717, 1.165) is 16.6 Å². The average molecular weight is 336 g/mol. The predicted octanol–water partition coefficient (Wildman–Crippen LogP) is 0.973. The van der Waals surface area contributed by atoms with E-state index < -0.39 is 12.0 Å². The van der Waals surface area contributed by atoms with Gasteiger partial charge in [-0.25, -0.2) is 4.98 Å². The summed E-state index contributed by atoms with van der Waals surface area (Å²) in [5, 5.41) is 13.9. The zero-order valence-electron chi connectivity index (χ0n) is 13.6. The number of aryl methyl sites for hydroxylation is 1. The fraction of sp³-hybridized carbons (Fsp3) is 0.211. The number of hydrogen-bond acceptors (Lipinski definition) is 4. The lowest BCUT2D eigenvalue weighted by atomic mass is 10.1. The van der Waals surface area contributed by atoms with Gasteiger partial charge >= 0.3 is 0 Å². The first-order valence-electron chi connectivity index (χ1n) is 8.09. The number of amides is 1. The van der Waals surface area contributed by atoms with Crippen molar-refractivity contribution < 1.29 is 14.7 Å². The molecule has 1 atom stereocenters. The molecule has 0 radical (unpaired) electrons. The van der Waals surface area contributed by atoms with Gasteiger partial charge in [0.1, 0.15) is 5.82 Å². The van der Waals surface area contributed by atoms with Crippen LogP contribution in [0.15, 0.2) is 54.6 Å². The van der Waals surface area contributed by atoms with Crippen LogP contribution in [-0.4, -0.2) is 27.9 Å². The minimum atomic E-state index is -1.33. The fourth-order valence-corrected chi connectivity index (χ4v) is 2.66. The van der Waals surface area contributed by atoms with Gasteiger partial charge in [0.05, 0.1) is 23.0 Å². The smallest absolute Gasteiger partial charge is 0.220 e. The minimum absolute atomic E-state index is 0.0497. The molecular weight excluding hydrogens is 318 g/mol. The molecular formula is C19H18N3O3-. The molecule has 1 aromatic heterocycles. The molecule has 2 N–H and O–H groups in total. The highest BCUT2D eigenvalue weighted by molar-refractivity contribution is 5.83. The van der Waals surface area contributed by atoms with Gasteiger partial charge in [-0.3, -0.25) is 4.79 Å². The molecule has 0 bridgehead atoms. The molecule has 3 rings (SSSR count). The Morgan fingerprint density at radius 1 is 1.08 bits per heavy atom. The maximum atomic E-state index is 12.1. The number of para-hydroxylation sites is 2. The zero-order chi connectivity index (χ0) is 17.6. The van der Waals surface area contributed by atoms with E-state index in [1.54, 1.807) is 0 Å². The first-order valence-corrected chi connectivity index (χ1v) is 8.09.